The average molecular weight is 232 g/mol. The van der Waals surface area contributed by atoms with Gasteiger partial charge in [0.05, 0.1) is 12.2 Å². The van der Waals surface area contributed by atoms with Crippen molar-refractivity contribution in [2.45, 2.75) is 25.4 Å². The Morgan fingerprint density at radius 1 is 1.47 bits per heavy atom. The second-order valence-corrected chi connectivity index (χ2v) is 4.75. The van der Waals surface area contributed by atoms with Gasteiger partial charge in [0, 0.05) is 13.5 Å². The molecule has 3 nitrogen and oxygen atoms in total. The van der Waals surface area contributed by atoms with Gasteiger partial charge in [-0.2, -0.15) is 0 Å². The summed E-state index contributed by atoms with van der Waals surface area (Å²) in [5, 5.41) is 0. The molecular formula is C14H16O3. The van der Waals surface area contributed by atoms with Crippen molar-refractivity contribution in [3.63, 3.8) is 0 Å². The van der Waals surface area contributed by atoms with Crippen LogP contribution in [0.15, 0.2) is 18.2 Å². The van der Waals surface area contributed by atoms with Crippen molar-refractivity contribution in [2.24, 2.45) is 5.92 Å². The number of carbonyl (C=O) groups is 1. The van der Waals surface area contributed by atoms with Gasteiger partial charge >= 0.3 is 0 Å². The number of methoxy groups -OCH3 is 1. The molecular weight excluding hydrogens is 216 g/mol. The van der Waals surface area contributed by atoms with Gasteiger partial charge in [0.1, 0.15) is 11.9 Å². The maximum Gasteiger partial charge on any atom is 0.195 e. The zero-order valence-corrected chi connectivity index (χ0v) is 9.94. The van der Waals surface area contributed by atoms with E-state index in [0.717, 1.165) is 30.6 Å². The van der Waals surface area contributed by atoms with Crippen LogP contribution < -0.4 is 4.74 Å². The highest BCUT2D eigenvalue weighted by Crippen LogP contribution is 2.38. The van der Waals surface area contributed by atoms with Gasteiger partial charge in [-0.3, -0.25) is 4.79 Å². The molecule has 0 spiro atoms. The van der Waals surface area contributed by atoms with E-state index in [-0.39, 0.29) is 11.9 Å². The molecule has 2 aliphatic rings. The number of Topliss-reactive ketones (excluding diaryl/α,β-unsaturated/α-hetero) is 1. The van der Waals surface area contributed by atoms with E-state index >= 15 is 0 Å². The molecule has 0 saturated heterocycles. The summed E-state index contributed by atoms with van der Waals surface area (Å²) >= 11 is 0. The van der Waals surface area contributed by atoms with Crippen LogP contribution in [0.25, 0.3) is 0 Å². The molecule has 1 aromatic carbocycles. The van der Waals surface area contributed by atoms with Crippen molar-refractivity contribution in [1.82, 2.24) is 0 Å². The Labute approximate surface area is 101 Å². The molecule has 17 heavy (non-hydrogen) atoms. The second-order valence-electron chi connectivity index (χ2n) is 4.75. The van der Waals surface area contributed by atoms with E-state index in [0.29, 0.717) is 18.1 Å². The summed E-state index contributed by atoms with van der Waals surface area (Å²) in [7, 11) is 1.62. The van der Waals surface area contributed by atoms with Crippen molar-refractivity contribution in [3.05, 3.63) is 29.3 Å². The van der Waals surface area contributed by atoms with Crippen molar-refractivity contribution in [3.8, 4) is 5.75 Å². The summed E-state index contributed by atoms with van der Waals surface area (Å²) in [5.41, 5.74) is 1.83. The quantitative estimate of drug-likeness (QED) is 0.747. The first-order valence-electron chi connectivity index (χ1n) is 6.13. The lowest BCUT2D eigenvalue weighted by Gasteiger charge is -2.15. The smallest absolute Gasteiger partial charge is 0.195 e. The summed E-state index contributed by atoms with van der Waals surface area (Å²) in [5.74, 6) is 1.26. The topological polar surface area (TPSA) is 35.5 Å². The largest absolute Gasteiger partial charge is 0.492 e. The first kappa shape index (κ1) is 10.8. The van der Waals surface area contributed by atoms with E-state index in [1.54, 1.807) is 7.11 Å². The molecule has 1 fully saturated rings. The van der Waals surface area contributed by atoms with Gasteiger partial charge in [-0.25, -0.2) is 0 Å². The van der Waals surface area contributed by atoms with Crippen LogP contribution in [0.2, 0.25) is 0 Å². The summed E-state index contributed by atoms with van der Waals surface area (Å²) in [6.07, 6.45) is 2.81. The third-order valence-electron chi connectivity index (χ3n) is 3.54. The normalized spacial score (nSPS) is 19.6. The molecule has 1 saturated carbocycles. The van der Waals surface area contributed by atoms with Gasteiger partial charge in [0.2, 0.25) is 0 Å². The van der Waals surface area contributed by atoms with E-state index in [2.05, 4.69) is 0 Å². The highest BCUT2D eigenvalue weighted by Gasteiger charge is 2.38. The lowest BCUT2D eigenvalue weighted by Crippen LogP contribution is -2.25. The van der Waals surface area contributed by atoms with Gasteiger partial charge in [0.25, 0.3) is 0 Å². The van der Waals surface area contributed by atoms with Crippen LogP contribution in [0.1, 0.15) is 28.8 Å². The third-order valence-corrected chi connectivity index (χ3v) is 3.54. The molecule has 1 unspecified atom stereocenters. The minimum atomic E-state index is -0.286. The van der Waals surface area contributed by atoms with Gasteiger partial charge in [-0.05, 0) is 30.4 Å². The maximum atomic E-state index is 12.4. The van der Waals surface area contributed by atoms with Crippen molar-refractivity contribution in [1.29, 1.82) is 0 Å². The van der Waals surface area contributed by atoms with E-state index in [1.807, 2.05) is 18.2 Å². The number of fused-ring (bicyclic) bond motifs is 1. The Morgan fingerprint density at radius 2 is 2.29 bits per heavy atom. The number of hydrogen-bond donors (Lipinski definition) is 0. The Hall–Kier alpha value is -1.35. The third kappa shape index (κ3) is 1.84. The van der Waals surface area contributed by atoms with Crippen molar-refractivity contribution in [2.75, 3.05) is 13.7 Å². The van der Waals surface area contributed by atoms with Gasteiger partial charge < -0.3 is 9.47 Å². The number of para-hydroxylation sites is 1. The molecule has 1 aliphatic heterocycles. The summed E-state index contributed by atoms with van der Waals surface area (Å²) in [6, 6.07) is 5.80. The maximum absolute atomic E-state index is 12.4. The van der Waals surface area contributed by atoms with Crippen LogP contribution >= 0.6 is 0 Å². The zero-order valence-electron chi connectivity index (χ0n) is 9.94. The van der Waals surface area contributed by atoms with Gasteiger partial charge in [-0.1, -0.05) is 12.1 Å². The monoisotopic (exact) mass is 232 g/mol. The molecule has 1 atom stereocenters. The first-order valence-corrected chi connectivity index (χ1v) is 6.13. The zero-order chi connectivity index (χ0) is 11.8. The molecule has 3 rings (SSSR count). The minimum absolute atomic E-state index is 0.0775. The highest BCUT2D eigenvalue weighted by molar-refractivity contribution is 6.02. The lowest BCUT2D eigenvalue weighted by molar-refractivity contribution is 0.0537. The minimum Gasteiger partial charge on any atom is -0.492 e. The number of benzene rings is 1. The predicted molar refractivity (Wildman–Crippen MR) is 63.5 cm³/mol. The lowest BCUT2D eigenvalue weighted by atomic mass is 9.99. The number of ketones is 1. The Morgan fingerprint density at radius 3 is 3.00 bits per heavy atom. The number of rotatable bonds is 4. The molecule has 0 bridgehead atoms. The van der Waals surface area contributed by atoms with E-state index < -0.39 is 0 Å². The van der Waals surface area contributed by atoms with Crippen LogP contribution in [0, 0.1) is 5.92 Å². The fourth-order valence-corrected chi connectivity index (χ4v) is 2.48. The van der Waals surface area contributed by atoms with Crippen molar-refractivity contribution < 1.29 is 14.3 Å². The van der Waals surface area contributed by atoms with E-state index in [1.165, 1.54) is 0 Å². The second kappa shape index (κ2) is 4.15. The first-order chi connectivity index (χ1) is 8.31. The summed E-state index contributed by atoms with van der Waals surface area (Å²) in [4.78, 5) is 12.4. The fourth-order valence-electron chi connectivity index (χ4n) is 2.48. The molecule has 0 aromatic heterocycles. The summed E-state index contributed by atoms with van der Waals surface area (Å²) < 4.78 is 10.9. The molecule has 0 amide bonds. The Bertz CT molecular complexity index is 449. The molecule has 0 N–H and O–H groups in total. The van der Waals surface area contributed by atoms with Crippen molar-refractivity contribution >= 4 is 5.78 Å². The molecule has 1 aliphatic carbocycles. The van der Waals surface area contributed by atoms with E-state index in [4.69, 9.17) is 9.47 Å². The molecule has 1 heterocycles. The predicted octanol–water partition coefficient (Wildman–Crippen LogP) is 2.23. The highest BCUT2D eigenvalue weighted by atomic mass is 16.5. The number of ether oxygens (including phenoxy) is 2. The molecule has 0 radical (unpaired) electrons. The van der Waals surface area contributed by atoms with Crippen LogP contribution in [-0.4, -0.2) is 25.6 Å². The van der Waals surface area contributed by atoms with E-state index in [9.17, 15) is 4.79 Å². The molecule has 3 heteroatoms. The van der Waals surface area contributed by atoms with Crippen LogP contribution in [0.5, 0.6) is 5.75 Å². The van der Waals surface area contributed by atoms with Crippen LogP contribution in [0.4, 0.5) is 0 Å². The average Bonchev–Trinajstić information content (AvgIpc) is 3.06. The van der Waals surface area contributed by atoms with Crippen LogP contribution in [0.3, 0.4) is 0 Å². The van der Waals surface area contributed by atoms with Crippen LogP contribution in [-0.2, 0) is 11.2 Å². The SMILES string of the molecule is COC(C(=O)c1cccc2c1OCC2)C1CC1. The fraction of sp³-hybridized carbons (Fsp3) is 0.500. The number of hydrogen-bond acceptors (Lipinski definition) is 3. The Balaban J connectivity index is 1.93. The van der Waals surface area contributed by atoms with Gasteiger partial charge in [0.15, 0.2) is 5.78 Å². The Kier molecular flexibility index (Phi) is 2.63. The number of carbonyl (C=O) groups excluding carboxylic acids is 1. The standard InChI is InChI=1S/C14H16O3/c1-16-14(10-5-6-10)12(15)11-4-2-3-9-7-8-17-13(9)11/h2-4,10,14H,5-8H2,1H3. The molecule has 1 aromatic rings. The molecule has 90 valence electrons. The van der Waals surface area contributed by atoms with Gasteiger partial charge in [-0.15, -0.1) is 0 Å². The summed E-state index contributed by atoms with van der Waals surface area (Å²) in [6.45, 7) is 0.681.